The molecule has 3 rings (SSSR count). The Labute approximate surface area is 154 Å². The van der Waals surface area contributed by atoms with Crippen LogP contribution in [0, 0.1) is 17.0 Å². The number of benzene rings is 1. The first-order valence-electron chi connectivity index (χ1n) is 7.91. The molecule has 0 spiro atoms. The van der Waals surface area contributed by atoms with Gasteiger partial charge in [0.1, 0.15) is 5.75 Å². The van der Waals surface area contributed by atoms with Gasteiger partial charge in [-0.05, 0) is 25.8 Å². The maximum atomic E-state index is 12.4. The van der Waals surface area contributed by atoms with Crippen molar-refractivity contribution < 1.29 is 9.66 Å². The summed E-state index contributed by atoms with van der Waals surface area (Å²) in [6.07, 6.45) is 5.77. The summed E-state index contributed by atoms with van der Waals surface area (Å²) < 4.78 is 7.46. The molecule has 1 aliphatic carbocycles. The third kappa shape index (κ3) is 3.65. The van der Waals surface area contributed by atoms with E-state index in [2.05, 4.69) is 0 Å². The van der Waals surface area contributed by atoms with Crippen molar-refractivity contribution in [1.82, 2.24) is 4.57 Å². The summed E-state index contributed by atoms with van der Waals surface area (Å²) >= 11 is 12.2. The van der Waals surface area contributed by atoms with E-state index in [1.807, 2.05) is 0 Å². The second kappa shape index (κ2) is 7.06. The summed E-state index contributed by atoms with van der Waals surface area (Å²) in [5.41, 5.74) is 0.299. The van der Waals surface area contributed by atoms with Gasteiger partial charge in [0.15, 0.2) is 5.75 Å². The molecule has 0 saturated heterocycles. The van der Waals surface area contributed by atoms with E-state index in [0.717, 1.165) is 25.7 Å². The minimum absolute atomic E-state index is 0.0375. The van der Waals surface area contributed by atoms with Crippen LogP contribution in [0.3, 0.4) is 0 Å². The number of rotatable bonds is 4. The number of aryl methyl sites for hydroxylation is 1. The summed E-state index contributed by atoms with van der Waals surface area (Å²) in [7, 11) is 0. The van der Waals surface area contributed by atoms with Crippen molar-refractivity contribution in [3.63, 3.8) is 0 Å². The Kier molecular flexibility index (Phi) is 5.01. The number of nitrogens with zero attached hydrogens (tertiary/aromatic N) is 2. The highest BCUT2D eigenvalue weighted by atomic mass is 35.5. The van der Waals surface area contributed by atoms with E-state index in [1.54, 1.807) is 23.8 Å². The first-order chi connectivity index (χ1) is 11.9. The van der Waals surface area contributed by atoms with Crippen molar-refractivity contribution in [2.24, 2.45) is 0 Å². The zero-order valence-electron chi connectivity index (χ0n) is 13.5. The van der Waals surface area contributed by atoms with Crippen LogP contribution in [0.15, 0.2) is 29.2 Å². The number of nitro groups is 1. The molecule has 0 amide bonds. The number of ether oxygens (including phenoxy) is 1. The Morgan fingerprint density at radius 2 is 1.80 bits per heavy atom. The molecule has 0 unspecified atom stereocenters. The fourth-order valence-corrected chi connectivity index (χ4v) is 3.64. The average Bonchev–Trinajstić information content (AvgIpc) is 3.08. The molecular formula is C17H16Cl2N2O4. The number of hydrogen-bond acceptors (Lipinski definition) is 4. The minimum Gasteiger partial charge on any atom is -0.453 e. The van der Waals surface area contributed by atoms with Gasteiger partial charge in [-0.15, -0.1) is 0 Å². The Morgan fingerprint density at radius 1 is 1.20 bits per heavy atom. The predicted molar refractivity (Wildman–Crippen MR) is 96.1 cm³/mol. The van der Waals surface area contributed by atoms with Crippen molar-refractivity contribution in [3.8, 4) is 11.5 Å². The molecule has 1 aromatic carbocycles. The first kappa shape index (κ1) is 17.8. The summed E-state index contributed by atoms with van der Waals surface area (Å²) in [4.78, 5) is 22.7. The predicted octanol–water partition coefficient (Wildman–Crippen LogP) is 5.28. The molecule has 1 fully saturated rings. The summed E-state index contributed by atoms with van der Waals surface area (Å²) in [6, 6.07) is 4.14. The second-order valence-corrected chi connectivity index (χ2v) is 6.92. The SMILES string of the molecule is Cc1cc(Oc2c(Cl)cc([N+](=O)[O-])cc2Cl)cn(C2CCCC2)c1=O. The quantitative estimate of drug-likeness (QED) is 0.532. The van der Waals surface area contributed by atoms with Crippen molar-refractivity contribution >= 4 is 28.9 Å². The van der Waals surface area contributed by atoms with E-state index >= 15 is 0 Å². The number of non-ortho nitro benzene ring substituents is 1. The molecule has 0 N–H and O–H groups in total. The second-order valence-electron chi connectivity index (χ2n) is 6.11. The van der Waals surface area contributed by atoms with E-state index in [0.29, 0.717) is 11.3 Å². The number of hydrogen-bond donors (Lipinski definition) is 0. The van der Waals surface area contributed by atoms with Gasteiger partial charge in [0.25, 0.3) is 11.2 Å². The minimum atomic E-state index is -0.577. The zero-order chi connectivity index (χ0) is 18.1. The lowest BCUT2D eigenvalue weighted by Crippen LogP contribution is -2.24. The summed E-state index contributed by atoms with van der Waals surface area (Å²) in [5, 5.41) is 10.9. The van der Waals surface area contributed by atoms with Gasteiger partial charge < -0.3 is 9.30 Å². The number of halogens is 2. The monoisotopic (exact) mass is 382 g/mol. The van der Waals surface area contributed by atoms with Crippen LogP contribution < -0.4 is 10.3 Å². The van der Waals surface area contributed by atoms with E-state index < -0.39 is 4.92 Å². The Bertz CT molecular complexity index is 866. The smallest absolute Gasteiger partial charge is 0.272 e. The first-order valence-corrected chi connectivity index (χ1v) is 8.66. The van der Waals surface area contributed by atoms with Crippen LogP contribution >= 0.6 is 23.2 Å². The molecule has 1 heterocycles. The molecule has 1 saturated carbocycles. The fraction of sp³-hybridized carbons (Fsp3) is 0.353. The third-order valence-electron chi connectivity index (χ3n) is 4.33. The van der Waals surface area contributed by atoms with E-state index in [-0.39, 0.29) is 33.1 Å². The molecule has 8 heteroatoms. The van der Waals surface area contributed by atoms with Crippen LogP contribution in [0.25, 0.3) is 0 Å². The van der Waals surface area contributed by atoms with Gasteiger partial charge in [-0.25, -0.2) is 0 Å². The molecular weight excluding hydrogens is 367 g/mol. The molecule has 2 aromatic rings. The van der Waals surface area contributed by atoms with Crippen LogP contribution in [0.5, 0.6) is 11.5 Å². The average molecular weight is 383 g/mol. The largest absolute Gasteiger partial charge is 0.453 e. The molecule has 0 bridgehead atoms. The summed E-state index contributed by atoms with van der Waals surface area (Å²) in [5.74, 6) is 0.548. The zero-order valence-corrected chi connectivity index (χ0v) is 15.0. The highest BCUT2D eigenvalue weighted by Gasteiger charge is 2.21. The number of aromatic nitrogens is 1. The van der Waals surface area contributed by atoms with Gasteiger partial charge in [-0.1, -0.05) is 36.0 Å². The normalized spacial score (nSPS) is 14.7. The van der Waals surface area contributed by atoms with Gasteiger partial charge in [-0.2, -0.15) is 0 Å². The fourth-order valence-electron chi connectivity index (χ4n) is 3.09. The van der Waals surface area contributed by atoms with Crippen LogP contribution in [0.1, 0.15) is 37.3 Å². The van der Waals surface area contributed by atoms with Gasteiger partial charge in [0, 0.05) is 23.7 Å². The lowest BCUT2D eigenvalue weighted by Gasteiger charge is -2.17. The van der Waals surface area contributed by atoms with Crippen molar-refractivity contribution in [3.05, 3.63) is 60.5 Å². The molecule has 1 aromatic heterocycles. The van der Waals surface area contributed by atoms with Gasteiger partial charge >= 0.3 is 0 Å². The van der Waals surface area contributed by atoms with Crippen LogP contribution in [-0.4, -0.2) is 9.49 Å². The Hall–Kier alpha value is -2.05. The highest BCUT2D eigenvalue weighted by molar-refractivity contribution is 6.37. The summed E-state index contributed by atoms with van der Waals surface area (Å²) in [6.45, 7) is 1.72. The molecule has 132 valence electrons. The number of nitro benzene ring substituents is 1. The third-order valence-corrected chi connectivity index (χ3v) is 4.89. The lowest BCUT2D eigenvalue weighted by atomic mass is 10.2. The molecule has 1 aliphatic rings. The molecule has 0 atom stereocenters. The van der Waals surface area contributed by atoms with Crippen LogP contribution in [-0.2, 0) is 0 Å². The van der Waals surface area contributed by atoms with Gasteiger partial charge in [0.2, 0.25) is 0 Å². The lowest BCUT2D eigenvalue weighted by molar-refractivity contribution is -0.384. The maximum absolute atomic E-state index is 12.4. The van der Waals surface area contributed by atoms with Gasteiger partial charge in [0.05, 0.1) is 21.2 Å². The van der Waals surface area contributed by atoms with Crippen LogP contribution in [0.2, 0.25) is 10.0 Å². The molecule has 25 heavy (non-hydrogen) atoms. The maximum Gasteiger partial charge on any atom is 0.272 e. The molecule has 0 radical (unpaired) electrons. The van der Waals surface area contributed by atoms with Gasteiger partial charge in [-0.3, -0.25) is 14.9 Å². The molecule has 0 aliphatic heterocycles. The van der Waals surface area contributed by atoms with E-state index in [9.17, 15) is 14.9 Å². The standard InChI is InChI=1S/C17H16Cl2N2O4/c1-10-6-13(9-20(17(10)22)11-4-2-3-5-11)25-16-14(18)7-12(21(23)24)8-15(16)19/h6-9,11H,2-5H2,1H3. The highest BCUT2D eigenvalue weighted by Crippen LogP contribution is 2.39. The van der Waals surface area contributed by atoms with Crippen molar-refractivity contribution in [1.29, 1.82) is 0 Å². The van der Waals surface area contributed by atoms with Crippen molar-refractivity contribution in [2.45, 2.75) is 38.6 Å². The molecule has 6 nitrogen and oxygen atoms in total. The van der Waals surface area contributed by atoms with E-state index in [1.165, 1.54) is 12.1 Å². The number of pyridine rings is 1. The topological polar surface area (TPSA) is 74.4 Å². The van der Waals surface area contributed by atoms with Crippen LogP contribution in [0.4, 0.5) is 5.69 Å². The Balaban J connectivity index is 1.98. The van der Waals surface area contributed by atoms with Crippen molar-refractivity contribution in [2.75, 3.05) is 0 Å². The van der Waals surface area contributed by atoms with E-state index in [4.69, 9.17) is 27.9 Å². The Morgan fingerprint density at radius 3 is 2.36 bits per heavy atom.